The van der Waals surface area contributed by atoms with Crippen LogP contribution in [0.5, 0.6) is 0 Å². The number of nitrogen functional groups attached to an aromatic ring is 2. The molecule has 0 bridgehead atoms. The minimum absolute atomic E-state index is 0.0319. The van der Waals surface area contributed by atoms with Gasteiger partial charge in [0, 0.05) is 12.6 Å². The number of imidazole rings is 1. The van der Waals surface area contributed by atoms with Crippen LogP contribution in [-0.4, -0.2) is 47.3 Å². The molecular formula is C21H21FN8O4. The van der Waals surface area contributed by atoms with Crippen LogP contribution in [0.15, 0.2) is 42.6 Å². The van der Waals surface area contributed by atoms with Gasteiger partial charge in [0.1, 0.15) is 29.0 Å². The molecule has 1 amide bonds. The van der Waals surface area contributed by atoms with E-state index in [9.17, 15) is 9.18 Å². The van der Waals surface area contributed by atoms with Gasteiger partial charge in [-0.25, -0.2) is 28.7 Å². The van der Waals surface area contributed by atoms with E-state index in [4.69, 9.17) is 26.5 Å². The summed E-state index contributed by atoms with van der Waals surface area (Å²) in [6.45, 7) is 1.33. The quantitative estimate of drug-likeness (QED) is 0.271. The Labute approximate surface area is 192 Å². The molecule has 4 aromatic rings. The van der Waals surface area contributed by atoms with Crippen molar-refractivity contribution in [1.82, 2.24) is 29.9 Å². The molecular weight excluding hydrogens is 447 g/mol. The second-order valence-electron chi connectivity index (χ2n) is 6.97. The lowest BCUT2D eigenvalue weighted by Crippen LogP contribution is -2.26. The highest BCUT2D eigenvalue weighted by molar-refractivity contribution is 5.75. The van der Waals surface area contributed by atoms with Gasteiger partial charge < -0.3 is 27.0 Å². The molecule has 7 N–H and O–H groups in total. The Balaban J connectivity index is 0.00000103. The van der Waals surface area contributed by atoms with Crippen LogP contribution < -0.4 is 16.8 Å². The van der Waals surface area contributed by atoms with Gasteiger partial charge in [0.25, 0.3) is 6.47 Å². The van der Waals surface area contributed by atoms with E-state index in [-0.39, 0.29) is 41.7 Å². The monoisotopic (exact) mass is 468 g/mol. The van der Waals surface area contributed by atoms with Crippen LogP contribution in [0.2, 0.25) is 0 Å². The summed E-state index contributed by atoms with van der Waals surface area (Å²) in [4.78, 5) is 32.5. The van der Waals surface area contributed by atoms with E-state index in [1.165, 1.54) is 6.07 Å². The van der Waals surface area contributed by atoms with Gasteiger partial charge in [-0.1, -0.05) is 18.2 Å². The fourth-order valence-electron chi connectivity index (χ4n) is 3.39. The summed E-state index contributed by atoms with van der Waals surface area (Å²) < 4.78 is 15.7. The van der Waals surface area contributed by atoms with E-state index in [0.29, 0.717) is 22.6 Å². The average Bonchev–Trinajstić information content (AvgIpc) is 3.13. The Hall–Kier alpha value is -4.81. The van der Waals surface area contributed by atoms with Gasteiger partial charge in [0.2, 0.25) is 0 Å². The van der Waals surface area contributed by atoms with Crippen LogP contribution >= 0.6 is 0 Å². The lowest BCUT2D eigenvalue weighted by Gasteiger charge is -2.16. The summed E-state index contributed by atoms with van der Waals surface area (Å²) >= 11 is 0. The number of carboxylic acid groups (broad SMARTS) is 2. The summed E-state index contributed by atoms with van der Waals surface area (Å²) in [5, 5.41) is 22.4. The third-order valence-corrected chi connectivity index (χ3v) is 4.77. The lowest BCUT2D eigenvalue weighted by atomic mass is 10.1. The summed E-state index contributed by atoms with van der Waals surface area (Å²) in [5.74, 6) is 0.368. The first kappa shape index (κ1) is 23.8. The molecule has 34 heavy (non-hydrogen) atoms. The SMILES string of the molecule is CC(NC(=O)O)c1c(N)nc(-c2nc(Cc3ccccc3F)n3ncccc23)nc1N.O=CO. The van der Waals surface area contributed by atoms with Crippen LogP contribution in [-0.2, 0) is 11.2 Å². The Bertz CT molecular complexity index is 1320. The molecule has 1 aromatic carbocycles. The molecule has 0 saturated carbocycles. The number of rotatable bonds is 5. The number of amides is 1. The van der Waals surface area contributed by atoms with Gasteiger partial charge >= 0.3 is 6.09 Å². The number of anilines is 2. The van der Waals surface area contributed by atoms with E-state index >= 15 is 0 Å². The first-order chi connectivity index (χ1) is 16.3. The molecule has 12 nitrogen and oxygen atoms in total. The van der Waals surface area contributed by atoms with Crippen molar-refractivity contribution < 1.29 is 24.2 Å². The molecule has 0 aliphatic rings. The summed E-state index contributed by atoms with van der Waals surface area (Å²) in [7, 11) is 0. The van der Waals surface area contributed by atoms with Gasteiger partial charge in [-0.05, 0) is 30.7 Å². The van der Waals surface area contributed by atoms with Crippen molar-refractivity contribution in [2.45, 2.75) is 19.4 Å². The van der Waals surface area contributed by atoms with Gasteiger partial charge in [0.05, 0.1) is 17.1 Å². The molecule has 3 heterocycles. The van der Waals surface area contributed by atoms with Gasteiger partial charge in [0.15, 0.2) is 5.82 Å². The van der Waals surface area contributed by atoms with Crippen LogP contribution in [0, 0.1) is 5.82 Å². The Morgan fingerprint density at radius 1 is 1.18 bits per heavy atom. The van der Waals surface area contributed by atoms with E-state index in [1.54, 1.807) is 48.0 Å². The molecule has 0 aliphatic heterocycles. The zero-order valence-corrected chi connectivity index (χ0v) is 17.9. The van der Waals surface area contributed by atoms with Crippen molar-refractivity contribution >= 4 is 29.7 Å². The Morgan fingerprint density at radius 3 is 2.44 bits per heavy atom. The highest BCUT2D eigenvalue weighted by Gasteiger charge is 2.22. The lowest BCUT2D eigenvalue weighted by molar-refractivity contribution is -0.122. The summed E-state index contributed by atoms with van der Waals surface area (Å²) in [6.07, 6.45) is 0.572. The first-order valence-corrected chi connectivity index (χ1v) is 9.83. The van der Waals surface area contributed by atoms with Gasteiger partial charge in [-0.2, -0.15) is 5.10 Å². The smallest absolute Gasteiger partial charge is 0.405 e. The molecule has 0 fully saturated rings. The summed E-state index contributed by atoms with van der Waals surface area (Å²) in [6, 6.07) is 9.23. The molecule has 176 valence electrons. The third-order valence-electron chi connectivity index (χ3n) is 4.77. The fourth-order valence-corrected chi connectivity index (χ4v) is 3.39. The number of carbonyl (C=O) groups is 2. The molecule has 3 aromatic heterocycles. The predicted molar refractivity (Wildman–Crippen MR) is 120 cm³/mol. The molecule has 1 unspecified atom stereocenters. The maximum Gasteiger partial charge on any atom is 0.405 e. The third kappa shape index (κ3) is 4.98. The highest BCUT2D eigenvalue weighted by Crippen LogP contribution is 2.29. The normalized spacial score (nSPS) is 11.4. The van der Waals surface area contributed by atoms with Crippen LogP contribution in [0.25, 0.3) is 17.0 Å². The number of halogens is 1. The zero-order chi connectivity index (χ0) is 24.8. The van der Waals surface area contributed by atoms with Crippen LogP contribution in [0.3, 0.4) is 0 Å². The number of hydrogen-bond donors (Lipinski definition) is 5. The Morgan fingerprint density at radius 2 is 1.82 bits per heavy atom. The minimum Gasteiger partial charge on any atom is -0.483 e. The standard InChI is InChI=1S/C20H19FN8O2.CH2O2/c1-10(25-20(30)31)15-17(22)27-19(28-18(15)23)16-13-7-4-8-24-29(13)14(26-16)9-11-5-2-3-6-12(11)21;2-1-3/h2-8,10,25H,9H2,1H3,(H,30,31)(H4,22,23,27,28);1H,(H,2,3). The van der Waals surface area contributed by atoms with Crippen molar-refractivity contribution in [3.8, 4) is 11.5 Å². The number of fused-ring (bicyclic) bond motifs is 1. The van der Waals surface area contributed by atoms with Gasteiger partial charge in [-0.3, -0.25) is 4.79 Å². The maximum atomic E-state index is 14.2. The van der Waals surface area contributed by atoms with Crippen molar-refractivity contribution in [3.05, 3.63) is 65.4 Å². The number of aromatic nitrogens is 5. The van der Waals surface area contributed by atoms with E-state index < -0.39 is 12.1 Å². The molecule has 0 saturated heterocycles. The molecule has 4 rings (SSSR count). The number of benzene rings is 1. The molecule has 13 heteroatoms. The summed E-state index contributed by atoms with van der Waals surface area (Å²) in [5.41, 5.74) is 13.9. The Kier molecular flexibility index (Phi) is 7.16. The number of nitrogens with zero attached hydrogens (tertiary/aromatic N) is 5. The minimum atomic E-state index is -1.22. The number of nitrogens with two attached hydrogens (primary N) is 2. The van der Waals surface area contributed by atoms with Crippen molar-refractivity contribution in [3.63, 3.8) is 0 Å². The van der Waals surface area contributed by atoms with Gasteiger partial charge in [-0.15, -0.1) is 0 Å². The topological polar surface area (TPSA) is 195 Å². The van der Waals surface area contributed by atoms with Crippen molar-refractivity contribution in [2.75, 3.05) is 11.5 Å². The van der Waals surface area contributed by atoms with Crippen molar-refractivity contribution in [2.24, 2.45) is 0 Å². The zero-order valence-electron chi connectivity index (χ0n) is 17.9. The van der Waals surface area contributed by atoms with Crippen LogP contribution in [0.1, 0.15) is 29.9 Å². The van der Waals surface area contributed by atoms with E-state index in [1.807, 2.05) is 0 Å². The van der Waals surface area contributed by atoms with E-state index in [0.717, 1.165) is 0 Å². The number of nitrogens with one attached hydrogen (secondary N) is 1. The largest absolute Gasteiger partial charge is 0.483 e. The molecule has 0 aliphatic carbocycles. The number of hydrogen-bond acceptors (Lipinski definition) is 8. The second kappa shape index (κ2) is 10.2. The second-order valence-corrected chi connectivity index (χ2v) is 6.97. The van der Waals surface area contributed by atoms with E-state index in [2.05, 4.69) is 25.4 Å². The fraction of sp³-hybridized carbons (Fsp3) is 0.143. The van der Waals surface area contributed by atoms with Crippen molar-refractivity contribution in [1.29, 1.82) is 0 Å². The predicted octanol–water partition coefficient (Wildman–Crippen LogP) is 2.11. The molecule has 0 spiro atoms. The highest BCUT2D eigenvalue weighted by atomic mass is 19.1. The average molecular weight is 468 g/mol. The molecule has 0 radical (unpaired) electrons. The molecule has 1 atom stereocenters. The maximum absolute atomic E-state index is 14.2. The first-order valence-electron chi connectivity index (χ1n) is 9.83. The van der Waals surface area contributed by atoms with Crippen LogP contribution in [0.4, 0.5) is 20.8 Å².